The van der Waals surface area contributed by atoms with Crippen molar-refractivity contribution < 1.29 is 26.5 Å². The first kappa shape index (κ1) is 30.5. The molecule has 29 heavy (non-hydrogen) atoms. The van der Waals surface area contributed by atoms with Crippen molar-refractivity contribution in [2.75, 3.05) is 27.2 Å². The number of ketones is 2. The van der Waals surface area contributed by atoms with Crippen molar-refractivity contribution >= 4 is 11.6 Å². The zero-order chi connectivity index (χ0) is 21.1. The van der Waals surface area contributed by atoms with Gasteiger partial charge in [-0.25, -0.2) is 0 Å². The van der Waals surface area contributed by atoms with E-state index in [1.807, 2.05) is 14.1 Å². The Labute approximate surface area is 187 Å². The Balaban J connectivity index is 0. The fraction of sp³-hybridized carbons (Fsp3) is 0.840. The van der Waals surface area contributed by atoms with Crippen LogP contribution in [0.4, 0.5) is 0 Å². The fourth-order valence-electron chi connectivity index (χ4n) is 3.69. The molecule has 0 N–H and O–H groups in total. The summed E-state index contributed by atoms with van der Waals surface area (Å²) in [5.74, 6) is -0.415. The predicted molar refractivity (Wildman–Crippen MR) is 122 cm³/mol. The third-order valence-corrected chi connectivity index (χ3v) is 5.51. The highest BCUT2D eigenvalue weighted by molar-refractivity contribution is 6.37. The number of Topliss-reactive ketones (excluding diaryl/α,β-unsaturated/α-hetero) is 2. The van der Waals surface area contributed by atoms with Gasteiger partial charge in [0.25, 0.3) is 5.78 Å². The summed E-state index contributed by atoms with van der Waals surface area (Å²) in [4.78, 5) is 24.0. The molecule has 0 amide bonds. The van der Waals surface area contributed by atoms with Crippen molar-refractivity contribution in [2.24, 2.45) is 0 Å². The standard InChI is InChI=1S/C25H48NO2.ClH/c1-5-7-8-9-10-11-12-13-14-15-16-17-18-19-20-21-24(27)25(28)23-26(3,4)22-6-2;/h6H,2,5,7-23H2,1,3-4H3;1H/q+1;/p-1. The third-order valence-electron chi connectivity index (χ3n) is 5.51. The summed E-state index contributed by atoms with van der Waals surface area (Å²) in [6.07, 6.45) is 21.9. The van der Waals surface area contributed by atoms with Gasteiger partial charge in [0.05, 0.1) is 20.6 Å². The molecule has 0 unspecified atom stereocenters. The first-order valence-electron chi connectivity index (χ1n) is 11.9. The van der Waals surface area contributed by atoms with Crippen LogP contribution in [0.15, 0.2) is 12.7 Å². The predicted octanol–water partition coefficient (Wildman–Crippen LogP) is 3.65. The van der Waals surface area contributed by atoms with Gasteiger partial charge in [-0.15, -0.1) is 0 Å². The van der Waals surface area contributed by atoms with E-state index in [2.05, 4.69) is 13.5 Å². The summed E-state index contributed by atoms with van der Waals surface area (Å²) in [5.41, 5.74) is 0. The highest BCUT2D eigenvalue weighted by Crippen LogP contribution is 2.14. The van der Waals surface area contributed by atoms with E-state index < -0.39 is 0 Å². The lowest BCUT2D eigenvalue weighted by atomic mass is 10.0. The van der Waals surface area contributed by atoms with Crippen LogP contribution in [-0.2, 0) is 9.59 Å². The van der Waals surface area contributed by atoms with Crippen molar-refractivity contribution in [1.82, 2.24) is 0 Å². The maximum Gasteiger partial charge on any atom is 0.252 e. The van der Waals surface area contributed by atoms with Crippen LogP contribution in [0.25, 0.3) is 0 Å². The average molecular weight is 430 g/mol. The van der Waals surface area contributed by atoms with Crippen molar-refractivity contribution in [3.05, 3.63) is 12.7 Å². The number of likely N-dealkylation sites (N-methyl/N-ethyl adjacent to an activating group) is 1. The van der Waals surface area contributed by atoms with Crippen molar-refractivity contribution in [1.29, 1.82) is 0 Å². The van der Waals surface area contributed by atoms with E-state index in [4.69, 9.17) is 0 Å². The maximum atomic E-state index is 12.0. The molecule has 0 aliphatic rings. The maximum absolute atomic E-state index is 12.0. The fourth-order valence-corrected chi connectivity index (χ4v) is 3.69. The van der Waals surface area contributed by atoms with Gasteiger partial charge < -0.3 is 16.9 Å². The van der Waals surface area contributed by atoms with Gasteiger partial charge in [-0.2, -0.15) is 0 Å². The Hall–Kier alpha value is -0.670. The molecule has 0 radical (unpaired) electrons. The summed E-state index contributed by atoms with van der Waals surface area (Å²) in [6.45, 7) is 6.97. The first-order chi connectivity index (χ1) is 13.4. The summed E-state index contributed by atoms with van der Waals surface area (Å²) in [5, 5.41) is 0. The van der Waals surface area contributed by atoms with E-state index in [9.17, 15) is 9.59 Å². The van der Waals surface area contributed by atoms with Gasteiger partial charge in [0.1, 0.15) is 6.54 Å². The molecule has 0 aromatic rings. The molecule has 0 aliphatic heterocycles. The molecule has 172 valence electrons. The highest BCUT2D eigenvalue weighted by atomic mass is 35.5. The van der Waals surface area contributed by atoms with Gasteiger partial charge in [-0.05, 0) is 12.5 Å². The molecular weight excluding hydrogens is 382 g/mol. The van der Waals surface area contributed by atoms with Crippen LogP contribution in [0.5, 0.6) is 0 Å². The quantitative estimate of drug-likeness (QED) is 0.121. The minimum atomic E-state index is -0.225. The summed E-state index contributed by atoms with van der Waals surface area (Å²) < 4.78 is 0.507. The largest absolute Gasteiger partial charge is 1.00 e. The number of unbranched alkanes of at least 4 members (excludes halogenated alkanes) is 14. The van der Waals surface area contributed by atoms with Crippen molar-refractivity contribution in [3.8, 4) is 0 Å². The number of quaternary nitrogens is 1. The van der Waals surface area contributed by atoms with Crippen LogP contribution >= 0.6 is 0 Å². The van der Waals surface area contributed by atoms with Gasteiger partial charge >= 0.3 is 0 Å². The van der Waals surface area contributed by atoms with Gasteiger partial charge in [-0.1, -0.05) is 103 Å². The third kappa shape index (κ3) is 20.4. The smallest absolute Gasteiger partial charge is 0.252 e. The highest BCUT2D eigenvalue weighted by Gasteiger charge is 2.23. The Morgan fingerprint density at radius 1 is 0.690 bits per heavy atom. The molecule has 0 aliphatic carbocycles. The molecule has 0 atom stereocenters. The molecule has 0 spiro atoms. The number of nitrogens with zero attached hydrogens (tertiary/aromatic N) is 1. The molecule has 0 heterocycles. The lowest BCUT2D eigenvalue weighted by Gasteiger charge is -2.26. The molecular formula is C25H48ClNO2. The van der Waals surface area contributed by atoms with Gasteiger partial charge in [0.15, 0.2) is 0 Å². The zero-order valence-corrected chi connectivity index (χ0v) is 20.4. The molecule has 0 saturated carbocycles. The summed E-state index contributed by atoms with van der Waals surface area (Å²) >= 11 is 0. The van der Waals surface area contributed by atoms with E-state index in [-0.39, 0.29) is 30.5 Å². The first-order valence-corrected chi connectivity index (χ1v) is 11.9. The Morgan fingerprint density at radius 3 is 1.45 bits per heavy atom. The second-order valence-electron chi connectivity index (χ2n) is 9.11. The summed E-state index contributed by atoms with van der Waals surface area (Å²) in [7, 11) is 3.92. The minimum Gasteiger partial charge on any atom is -1.00 e. The van der Waals surface area contributed by atoms with Gasteiger partial charge in [0, 0.05) is 6.42 Å². The molecule has 3 nitrogen and oxygen atoms in total. The lowest BCUT2D eigenvalue weighted by Crippen LogP contribution is -3.00. The number of halogens is 1. The topological polar surface area (TPSA) is 34.1 Å². The monoisotopic (exact) mass is 429 g/mol. The van der Waals surface area contributed by atoms with E-state index >= 15 is 0 Å². The SMILES string of the molecule is C=CC[N+](C)(C)CC(=O)C(=O)CCCCCCCCCCCCCCCCC.[Cl-]. The van der Waals surface area contributed by atoms with Gasteiger partial charge in [0.2, 0.25) is 5.78 Å². The van der Waals surface area contributed by atoms with Crippen LogP contribution in [0, 0.1) is 0 Å². The molecule has 0 rings (SSSR count). The zero-order valence-electron chi connectivity index (χ0n) is 19.7. The van der Waals surface area contributed by atoms with E-state index in [0.29, 0.717) is 17.4 Å². The van der Waals surface area contributed by atoms with E-state index in [1.54, 1.807) is 6.08 Å². The van der Waals surface area contributed by atoms with Crippen LogP contribution < -0.4 is 12.4 Å². The summed E-state index contributed by atoms with van der Waals surface area (Å²) in [6, 6.07) is 0. The Kier molecular flexibility index (Phi) is 21.7. The Bertz CT molecular complexity index is 421. The van der Waals surface area contributed by atoms with Crippen molar-refractivity contribution in [3.63, 3.8) is 0 Å². The number of carbonyl (C=O) groups is 2. The van der Waals surface area contributed by atoms with Crippen LogP contribution in [0.1, 0.15) is 110 Å². The Morgan fingerprint density at radius 2 is 1.07 bits per heavy atom. The van der Waals surface area contributed by atoms with Crippen LogP contribution in [0.2, 0.25) is 0 Å². The van der Waals surface area contributed by atoms with Crippen molar-refractivity contribution in [2.45, 2.75) is 110 Å². The van der Waals surface area contributed by atoms with E-state index in [1.165, 1.54) is 83.5 Å². The molecule has 0 aromatic carbocycles. The van der Waals surface area contributed by atoms with Crippen LogP contribution in [0.3, 0.4) is 0 Å². The number of rotatable bonds is 21. The average Bonchev–Trinajstić information content (AvgIpc) is 2.64. The molecule has 4 heteroatoms. The normalized spacial score (nSPS) is 11.1. The number of carbonyl (C=O) groups excluding carboxylic acids is 2. The minimum absolute atomic E-state index is 0. The van der Waals surface area contributed by atoms with E-state index in [0.717, 1.165) is 12.8 Å². The van der Waals surface area contributed by atoms with Crippen LogP contribution in [-0.4, -0.2) is 43.2 Å². The second-order valence-corrected chi connectivity index (χ2v) is 9.11. The molecule has 0 bridgehead atoms. The number of hydrogen-bond donors (Lipinski definition) is 0. The molecule has 0 saturated heterocycles. The van der Waals surface area contributed by atoms with Gasteiger partial charge in [-0.3, -0.25) is 9.59 Å². The molecule has 0 fully saturated rings. The lowest BCUT2D eigenvalue weighted by molar-refractivity contribution is -0.876. The number of hydrogen-bond acceptors (Lipinski definition) is 2. The second kappa shape index (κ2) is 20.6. The molecule has 0 aromatic heterocycles.